The molecule has 1 aliphatic heterocycles. The molecule has 1 aliphatic rings. The lowest BCUT2D eigenvalue weighted by molar-refractivity contribution is 0.0163. The number of piperazine rings is 1. The van der Waals surface area contributed by atoms with Crippen molar-refractivity contribution >= 4 is 29.3 Å². The number of esters is 1. The molecule has 2 heterocycles. The van der Waals surface area contributed by atoms with Crippen molar-refractivity contribution in [3.63, 3.8) is 0 Å². The molecule has 154 valence electrons. The number of hydrogen-bond acceptors (Lipinski definition) is 5. The molecule has 29 heavy (non-hydrogen) atoms. The van der Waals surface area contributed by atoms with Gasteiger partial charge in [0.05, 0.1) is 0 Å². The Morgan fingerprint density at radius 1 is 1.00 bits per heavy atom. The van der Waals surface area contributed by atoms with Crippen molar-refractivity contribution in [2.75, 3.05) is 32.7 Å². The number of nitrogens with zero attached hydrogens (tertiary/aromatic N) is 2. The summed E-state index contributed by atoms with van der Waals surface area (Å²) in [5.74, 6) is -0.132. The summed E-state index contributed by atoms with van der Waals surface area (Å²) < 4.78 is 11.2. The molecule has 0 amide bonds. The molecule has 1 aromatic heterocycles. The number of rotatable bonds is 6. The molecule has 3 aromatic rings. The Hall–Kier alpha value is -2.34. The fourth-order valence-electron chi connectivity index (χ4n) is 3.70. The van der Waals surface area contributed by atoms with Gasteiger partial charge in [0, 0.05) is 44.7 Å². The van der Waals surface area contributed by atoms with Crippen LogP contribution >= 0.6 is 12.4 Å². The highest BCUT2D eigenvalue weighted by Crippen LogP contribution is 2.20. The predicted octanol–water partition coefficient (Wildman–Crippen LogP) is 4.22. The Morgan fingerprint density at radius 3 is 2.38 bits per heavy atom. The number of hydrogen-bond donors (Lipinski definition) is 0. The normalized spacial score (nSPS) is 16.3. The van der Waals surface area contributed by atoms with Gasteiger partial charge >= 0.3 is 5.97 Å². The van der Waals surface area contributed by atoms with Gasteiger partial charge in [0.15, 0.2) is 0 Å². The van der Waals surface area contributed by atoms with Gasteiger partial charge in [-0.15, -0.1) is 12.4 Å². The first-order valence-corrected chi connectivity index (χ1v) is 9.85. The monoisotopic (exact) mass is 414 g/mol. The summed E-state index contributed by atoms with van der Waals surface area (Å²) in [5, 5.41) is 0.914. The summed E-state index contributed by atoms with van der Waals surface area (Å²) in [6.45, 7) is 7.70. The van der Waals surface area contributed by atoms with Gasteiger partial charge in [-0.1, -0.05) is 48.5 Å². The van der Waals surface area contributed by atoms with E-state index in [1.165, 1.54) is 5.56 Å². The number of furan rings is 1. The molecule has 0 radical (unpaired) electrons. The lowest BCUT2D eigenvalue weighted by atomic mass is 10.2. The van der Waals surface area contributed by atoms with Crippen LogP contribution in [-0.2, 0) is 11.3 Å². The molecule has 1 fully saturated rings. The number of carbonyl (C=O) groups is 1. The van der Waals surface area contributed by atoms with Crippen molar-refractivity contribution in [1.82, 2.24) is 9.80 Å². The summed E-state index contributed by atoms with van der Waals surface area (Å²) >= 11 is 0. The molecule has 0 aliphatic carbocycles. The van der Waals surface area contributed by atoms with Crippen molar-refractivity contribution in [2.45, 2.75) is 19.6 Å². The summed E-state index contributed by atoms with van der Waals surface area (Å²) in [6.07, 6.45) is -0.179. The minimum absolute atomic E-state index is 0. The van der Waals surface area contributed by atoms with Crippen molar-refractivity contribution in [3.8, 4) is 0 Å². The number of benzene rings is 2. The minimum Gasteiger partial charge on any atom is -0.455 e. The van der Waals surface area contributed by atoms with E-state index in [0.29, 0.717) is 5.58 Å². The van der Waals surface area contributed by atoms with E-state index in [9.17, 15) is 4.79 Å². The lowest BCUT2D eigenvalue weighted by Gasteiger charge is -2.35. The third kappa shape index (κ3) is 5.60. The average Bonchev–Trinajstić information content (AvgIpc) is 3.15. The first-order valence-electron chi connectivity index (χ1n) is 9.85. The Labute approximate surface area is 177 Å². The Bertz CT molecular complexity index is 887. The lowest BCUT2D eigenvalue weighted by Crippen LogP contribution is -2.48. The van der Waals surface area contributed by atoms with Crippen LogP contribution in [0.15, 0.2) is 65.1 Å². The van der Waals surface area contributed by atoms with Crippen LogP contribution in [-0.4, -0.2) is 54.6 Å². The largest absolute Gasteiger partial charge is 0.455 e. The van der Waals surface area contributed by atoms with Gasteiger partial charge in [-0.25, -0.2) is 4.79 Å². The van der Waals surface area contributed by atoms with Crippen molar-refractivity contribution < 1.29 is 13.9 Å². The zero-order valence-electron chi connectivity index (χ0n) is 16.6. The molecule has 0 saturated carbocycles. The predicted molar refractivity (Wildman–Crippen MR) is 116 cm³/mol. The van der Waals surface area contributed by atoms with E-state index in [4.69, 9.17) is 9.15 Å². The highest BCUT2D eigenvalue weighted by atomic mass is 35.5. The van der Waals surface area contributed by atoms with Crippen LogP contribution in [0.25, 0.3) is 11.0 Å². The average molecular weight is 415 g/mol. The highest BCUT2D eigenvalue weighted by molar-refractivity contribution is 5.92. The van der Waals surface area contributed by atoms with Crippen molar-refractivity contribution in [3.05, 3.63) is 72.0 Å². The molecule has 0 bridgehead atoms. The van der Waals surface area contributed by atoms with Crippen LogP contribution in [0.3, 0.4) is 0 Å². The zero-order valence-corrected chi connectivity index (χ0v) is 17.4. The number of ether oxygens (including phenoxy) is 1. The van der Waals surface area contributed by atoms with E-state index in [1.54, 1.807) is 6.07 Å². The maximum atomic E-state index is 12.4. The first kappa shape index (κ1) is 21.4. The number of fused-ring (bicyclic) bond motifs is 1. The van der Waals surface area contributed by atoms with Gasteiger partial charge in [0.25, 0.3) is 0 Å². The summed E-state index contributed by atoms with van der Waals surface area (Å²) in [5.41, 5.74) is 2.06. The molecular formula is C23H27ClN2O3. The van der Waals surface area contributed by atoms with E-state index in [2.05, 4.69) is 40.1 Å². The van der Waals surface area contributed by atoms with E-state index in [-0.39, 0.29) is 24.3 Å². The smallest absolute Gasteiger partial charge is 0.374 e. The second-order valence-electron chi connectivity index (χ2n) is 7.43. The van der Waals surface area contributed by atoms with Gasteiger partial charge in [-0.05, 0) is 24.6 Å². The quantitative estimate of drug-likeness (QED) is 0.565. The second-order valence-corrected chi connectivity index (χ2v) is 7.43. The Kier molecular flexibility index (Phi) is 7.31. The topological polar surface area (TPSA) is 45.9 Å². The zero-order chi connectivity index (χ0) is 19.3. The van der Waals surface area contributed by atoms with E-state index in [0.717, 1.165) is 44.7 Å². The van der Waals surface area contributed by atoms with Crippen molar-refractivity contribution in [2.24, 2.45) is 0 Å². The molecule has 6 heteroatoms. The Balaban J connectivity index is 0.00000240. The standard InChI is InChI=1S/C23H26N2O3.ClH/c1-18(27-23(26)22-15-20-9-5-6-10-21(20)28-22)16-24-11-13-25(14-12-24)17-19-7-3-2-4-8-19;/h2-10,15,18H,11-14,16-17H2,1H3;1H. The number of carbonyl (C=O) groups excluding carboxylic acids is 1. The van der Waals surface area contributed by atoms with Crippen LogP contribution < -0.4 is 0 Å². The molecule has 1 unspecified atom stereocenters. The summed E-state index contributed by atoms with van der Waals surface area (Å²) in [7, 11) is 0. The number of para-hydroxylation sites is 1. The molecule has 0 spiro atoms. The van der Waals surface area contributed by atoms with Crippen LogP contribution in [0, 0.1) is 0 Å². The maximum Gasteiger partial charge on any atom is 0.374 e. The molecule has 2 aromatic carbocycles. The van der Waals surface area contributed by atoms with Crippen LogP contribution in [0.4, 0.5) is 0 Å². The Morgan fingerprint density at radius 2 is 1.66 bits per heavy atom. The van der Waals surface area contributed by atoms with Gasteiger partial charge in [0.1, 0.15) is 11.7 Å². The molecular weight excluding hydrogens is 388 g/mol. The van der Waals surface area contributed by atoms with E-state index in [1.807, 2.05) is 31.2 Å². The van der Waals surface area contributed by atoms with Gasteiger partial charge < -0.3 is 9.15 Å². The SMILES string of the molecule is CC(CN1CCN(Cc2ccccc2)CC1)OC(=O)c1cc2ccccc2o1.Cl. The molecule has 0 N–H and O–H groups in total. The highest BCUT2D eigenvalue weighted by Gasteiger charge is 2.22. The van der Waals surface area contributed by atoms with Crippen molar-refractivity contribution in [1.29, 1.82) is 0 Å². The molecule has 1 saturated heterocycles. The van der Waals surface area contributed by atoms with Gasteiger partial charge in [-0.2, -0.15) is 0 Å². The number of halogens is 1. The van der Waals surface area contributed by atoms with Crippen LogP contribution in [0.1, 0.15) is 23.0 Å². The third-order valence-electron chi connectivity index (χ3n) is 5.16. The van der Waals surface area contributed by atoms with Crippen LogP contribution in [0.5, 0.6) is 0 Å². The fraction of sp³-hybridized carbons (Fsp3) is 0.348. The minimum atomic E-state index is -0.397. The molecule has 4 rings (SSSR count). The first-order chi connectivity index (χ1) is 13.7. The van der Waals surface area contributed by atoms with Gasteiger partial charge in [-0.3, -0.25) is 9.80 Å². The summed E-state index contributed by atoms with van der Waals surface area (Å²) in [6, 6.07) is 19.9. The fourth-order valence-corrected chi connectivity index (χ4v) is 3.70. The molecule has 5 nitrogen and oxygen atoms in total. The second kappa shape index (κ2) is 9.92. The van der Waals surface area contributed by atoms with E-state index >= 15 is 0 Å². The maximum absolute atomic E-state index is 12.4. The van der Waals surface area contributed by atoms with E-state index < -0.39 is 5.97 Å². The molecule has 1 atom stereocenters. The third-order valence-corrected chi connectivity index (χ3v) is 5.16. The summed E-state index contributed by atoms with van der Waals surface area (Å²) in [4.78, 5) is 17.2. The van der Waals surface area contributed by atoms with Gasteiger partial charge in [0.2, 0.25) is 5.76 Å². The van der Waals surface area contributed by atoms with Crippen LogP contribution in [0.2, 0.25) is 0 Å².